The van der Waals surface area contributed by atoms with Crippen LogP contribution in [0.3, 0.4) is 0 Å². The van der Waals surface area contributed by atoms with Gasteiger partial charge < -0.3 is 10.6 Å². The highest BCUT2D eigenvalue weighted by Crippen LogP contribution is 2.18. The number of benzene rings is 1. The molecule has 0 aliphatic heterocycles. The van der Waals surface area contributed by atoms with Gasteiger partial charge in [0.05, 0.1) is 0 Å². The van der Waals surface area contributed by atoms with E-state index < -0.39 is 0 Å². The molecule has 2 rings (SSSR count). The van der Waals surface area contributed by atoms with Gasteiger partial charge in [0.2, 0.25) is 0 Å². The summed E-state index contributed by atoms with van der Waals surface area (Å²) in [4.78, 5) is 11.3. The zero-order valence-electron chi connectivity index (χ0n) is 9.62. The maximum Gasteiger partial charge on any atom is 0.315 e. The van der Waals surface area contributed by atoms with Crippen LogP contribution in [0.2, 0.25) is 0 Å². The predicted octanol–water partition coefficient (Wildman–Crippen LogP) is 2.00. The van der Waals surface area contributed by atoms with Crippen LogP contribution in [0.1, 0.15) is 24.0 Å². The first kappa shape index (κ1) is 11.0. The minimum absolute atomic E-state index is 0.0314. The van der Waals surface area contributed by atoms with E-state index in [1.54, 1.807) is 0 Å². The molecule has 0 unspecified atom stereocenters. The van der Waals surface area contributed by atoms with Crippen LogP contribution in [-0.4, -0.2) is 18.6 Å². The fourth-order valence-electron chi connectivity index (χ4n) is 1.67. The monoisotopic (exact) mass is 218 g/mol. The Morgan fingerprint density at radius 1 is 1.38 bits per heavy atom. The molecule has 1 aliphatic carbocycles. The topological polar surface area (TPSA) is 41.1 Å². The number of aryl methyl sites for hydroxylation is 1. The molecular weight excluding hydrogens is 200 g/mol. The lowest BCUT2D eigenvalue weighted by Crippen LogP contribution is -2.37. The number of carbonyl (C=O) groups excluding carboxylic acids is 1. The number of hydrogen-bond donors (Lipinski definition) is 2. The average Bonchev–Trinajstić information content (AvgIpc) is 3.05. The highest BCUT2D eigenvalue weighted by atomic mass is 16.2. The van der Waals surface area contributed by atoms with Gasteiger partial charge in [0, 0.05) is 12.6 Å². The lowest BCUT2D eigenvalue weighted by atomic mass is 10.1. The Bertz CT molecular complexity index is 372. The summed E-state index contributed by atoms with van der Waals surface area (Å²) in [5, 5.41) is 5.78. The van der Waals surface area contributed by atoms with Gasteiger partial charge in [0.1, 0.15) is 0 Å². The van der Waals surface area contributed by atoms with Crippen molar-refractivity contribution in [3.63, 3.8) is 0 Å². The van der Waals surface area contributed by atoms with Crippen molar-refractivity contribution in [1.29, 1.82) is 0 Å². The van der Waals surface area contributed by atoms with E-state index in [9.17, 15) is 4.79 Å². The summed E-state index contributed by atoms with van der Waals surface area (Å²) in [6.45, 7) is 2.79. The van der Waals surface area contributed by atoms with E-state index in [0.29, 0.717) is 12.6 Å². The lowest BCUT2D eigenvalue weighted by molar-refractivity contribution is 0.240. The first-order valence-corrected chi connectivity index (χ1v) is 5.84. The van der Waals surface area contributed by atoms with E-state index in [1.165, 1.54) is 11.1 Å². The second-order valence-corrected chi connectivity index (χ2v) is 4.35. The van der Waals surface area contributed by atoms with Crippen LogP contribution in [0.5, 0.6) is 0 Å². The molecule has 0 radical (unpaired) electrons. The summed E-state index contributed by atoms with van der Waals surface area (Å²) in [6.07, 6.45) is 3.15. The van der Waals surface area contributed by atoms with E-state index in [2.05, 4.69) is 29.7 Å². The largest absolute Gasteiger partial charge is 0.338 e. The smallest absolute Gasteiger partial charge is 0.315 e. The maximum absolute atomic E-state index is 11.3. The van der Waals surface area contributed by atoms with Gasteiger partial charge in [-0.15, -0.1) is 0 Å². The third-order valence-corrected chi connectivity index (χ3v) is 2.85. The van der Waals surface area contributed by atoms with E-state index in [0.717, 1.165) is 19.3 Å². The van der Waals surface area contributed by atoms with E-state index >= 15 is 0 Å². The standard InChI is InChI=1S/C13H18N2O/c1-10-4-2-3-5-11(10)8-9-14-13(16)15-12-6-7-12/h2-5,12H,6-9H2,1H3,(H2,14,15,16). The van der Waals surface area contributed by atoms with E-state index in [1.807, 2.05) is 12.1 Å². The van der Waals surface area contributed by atoms with Gasteiger partial charge in [-0.25, -0.2) is 4.79 Å². The van der Waals surface area contributed by atoms with Crippen molar-refractivity contribution in [1.82, 2.24) is 10.6 Å². The minimum Gasteiger partial charge on any atom is -0.338 e. The SMILES string of the molecule is Cc1ccccc1CCNC(=O)NC1CC1. The molecule has 0 atom stereocenters. The third-order valence-electron chi connectivity index (χ3n) is 2.85. The summed E-state index contributed by atoms with van der Waals surface area (Å²) in [7, 11) is 0. The molecule has 1 saturated carbocycles. The number of urea groups is 1. The molecule has 86 valence electrons. The number of nitrogens with one attached hydrogen (secondary N) is 2. The van der Waals surface area contributed by atoms with Crippen LogP contribution in [0.4, 0.5) is 4.79 Å². The van der Waals surface area contributed by atoms with Crippen molar-refractivity contribution in [2.24, 2.45) is 0 Å². The summed E-state index contributed by atoms with van der Waals surface area (Å²) in [6, 6.07) is 8.67. The molecule has 0 saturated heterocycles. The van der Waals surface area contributed by atoms with Gasteiger partial charge in [0.15, 0.2) is 0 Å². The Balaban J connectivity index is 1.70. The number of carbonyl (C=O) groups is 1. The fraction of sp³-hybridized carbons (Fsp3) is 0.462. The van der Waals surface area contributed by atoms with Gasteiger partial charge in [-0.1, -0.05) is 24.3 Å². The molecule has 3 nitrogen and oxygen atoms in total. The highest BCUT2D eigenvalue weighted by molar-refractivity contribution is 5.74. The Morgan fingerprint density at radius 3 is 2.81 bits per heavy atom. The molecule has 3 heteroatoms. The fourth-order valence-corrected chi connectivity index (χ4v) is 1.67. The van der Waals surface area contributed by atoms with Gasteiger partial charge in [-0.2, -0.15) is 0 Å². The average molecular weight is 218 g/mol. The Hall–Kier alpha value is -1.51. The summed E-state index contributed by atoms with van der Waals surface area (Å²) in [5.74, 6) is 0. The van der Waals surface area contributed by atoms with E-state index in [4.69, 9.17) is 0 Å². The molecule has 1 fully saturated rings. The lowest BCUT2D eigenvalue weighted by Gasteiger charge is -2.08. The van der Waals surface area contributed by atoms with Crippen molar-refractivity contribution >= 4 is 6.03 Å². The van der Waals surface area contributed by atoms with Crippen LogP contribution in [-0.2, 0) is 6.42 Å². The highest BCUT2D eigenvalue weighted by Gasteiger charge is 2.22. The second kappa shape index (κ2) is 5.01. The maximum atomic E-state index is 11.3. The normalized spacial score (nSPS) is 14.6. The van der Waals surface area contributed by atoms with Crippen LogP contribution in [0.25, 0.3) is 0 Å². The van der Waals surface area contributed by atoms with Crippen LogP contribution < -0.4 is 10.6 Å². The first-order chi connectivity index (χ1) is 7.75. The third kappa shape index (κ3) is 3.26. The molecule has 0 spiro atoms. The van der Waals surface area contributed by atoms with Crippen molar-refractivity contribution in [2.45, 2.75) is 32.2 Å². The van der Waals surface area contributed by atoms with E-state index in [-0.39, 0.29) is 6.03 Å². The Labute approximate surface area is 96.2 Å². The van der Waals surface area contributed by atoms with Crippen LogP contribution in [0, 0.1) is 6.92 Å². The molecule has 1 aromatic rings. The second-order valence-electron chi connectivity index (χ2n) is 4.35. The molecule has 16 heavy (non-hydrogen) atoms. The molecule has 0 aromatic heterocycles. The first-order valence-electron chi connectivity index (χ1n) is 5.84. The predicted molar refractivity (Wildman–Crippen MR) is 64.4 cm³/mol. The number of hydrogen-bond acceptors (Lipinski definition) is 1. The molecule has 2 N–H and O–H groups in total. The van der Waals surface area contributed by atoms with Gasteiger partial charge >= 0.3 is 6.03 Å². The molecule has 0 heterocycles. The Kier molecular flexibility index (Phi) is 3.44. The zero-order valence-corrected chi connectivity index (χ0v) is 9.62. The Morgan fingerprint density at radius 2 is 2.12 bits per heavy atom. The van der Waals surface area contributed by atoms with Gasteiger partial charge in [-0.05, 0) is 37.3 Å². The molecule has 2 amide bonds. The van der Waals surface area contributed by atoms with Crippen LogP contribution >= 0.6 is 0 Å². The van der Waals surface area contributed by atoms with Gasteiger partial charge in [0.25, 0.3) is 0 Å². The molecule has 0 bridgehead atoms. The number of rotatable bonds is 4. The summed E-state index contributed by atoms with van der Waals surface area (Å²) >= 11 is 0. The van der Waals surface area contributed by atoms with Crippen LogP contribution in [0.15, 0.2) is 24.3 Å². The van der Waals surface area contributed by atoms with Crippen molar-refractivity contribution in [3.05, 3.63) is 35.4 Å². The summed E-state index contributed by atoms with van der Waals surface area (Å²) in [5.41, 5.74) is 2.58. The van der Waals surface area contributed by atoms with Crippen molar-refractivity contribution in [3.8, 4) is 0 Å². The van der Waals surface area contributed by atoms with Gasteiger partial charge in [-0.3, -0.25) is 0 Å². The zero-order chi connectivity index (χ0) is 11.4. The quantitative estimate of drug-likeness (QED) is 0.797. The molecule has 1 aliphatic rings. The van der Waals surface area contributed by atoms with Crippen molar-refractivity contribution < 1.29 is 4.79 Å². The summed E-state index contributed by atoms with van der Waals surface area (Å²) < 4.78 is 0. The number of amides is 2. The minimum atomic E-state index is -0.0314. The van der Waals surface area contributed by atoms with Crippen molar-refractivity contribution in [2.75, 3.05) is 6.54 Å². The molecule has 1 aromatic carbocycles. The molecular formula is C13H18N2O.